The van der Waals surface area contributed by atoms with E-state index in [-0.39, 0.29) is 12.0 Å². The Hall–Kier alpha value is -0.380. The lowest BCUT2D eigenvalue weighted by Crippen LogP contribution is -2.11. The van der Waals surface area contributed by atoms with E-state index in [0.29, 0.717) is 12.7 Å². The summed E-state index contributed by atoms with van der Waals surface area (Å²) in [6, 6.07) is 1.98. The van der Waals surface area contributed by atoms with Gasteiger partial charge in [0.1, 0.15) is 0 Å². The van der Waals surface area contributed by atoms with E-state index in [4.69, 9.17) is 4.74 Å². The molecule has 1 fully saturated rings. The molecule has 2 rings (SSSR count). The fourth-order valence-corrected chi connectivity index (χ4v) is 2.48. The van der Waals surface area contributed by atoms with Gasteiger partial charge in [-0.25, -0.2) is 0 Å². The van der Waals surface area contributed by atoms with Crippen LogP contribution in [0.15, 0.2) is 16.8 Å². The van der Waals surface area contributed by atoms with Crippen LogP contribution in [0.3, 0.4) is 0 Å². The average Bonchev–Trinajstić information content (AvgIpc) is 2.72. The molecule has 1 N–H and O–H groups in total. The minimum absolute atomic E-state index is 0.282. The molecule has 1 aromatic heterocycles. The van der Waals surface area contributed by atoms with Crippen molar-refractivity contribution < 1.29 is 9.84 Å². The summed E-state index contributed by atoms with van der Waals surface area (Å²) in [4.78, 5) is 0. The molecule has 0 amide bonds. The number of ether oxygens (including phenoxy) is 1. The molecular weight excluding hydrogens is 184 g/mol. The van der Waals surface area contributed by atoms with E-state index in [2.05, 4.69) is 6.92 Å². The van der Waals surface area contributed by atoms with Crippen molar-refractivity contribution in [2.75, 3.05) is 6.61 Å². The molecule has 1 saturated heterocycles. The summed E-state index contributed by atoms with van der Waals surface area (Å²) in [7, 11) is 0. The van der Waals surface area contributed by atoms with E-state index >= 15 is 0 Å². The van der Waals surface area contributed by atoms with Gasteiger partial charge in [0.2, 0.25) is 0 Å². The van der Waals surface area contributed by atoms with Gasteiger partial charge in [-0.3, -0.25) is 0 Å². The standard InChI is InChI=1S/C10H14O2S/c1-7-4-9(5-12-7)10(11)8-2-3-13-6-8/h2-3,6-7,9-11H,4-5H2,1H3. The molecule has 0 radical (unpaired) electrons. The summed E-state index contributed by atoms with van der Waals surface area (Å²) in [5.41, 5.74) is 1.03. The molecule has 0 saturated carbocycles. The van der Waals surface area contributed by atoms with Crippen molar-refractivity contribution in [3.8, 4) is 0 Å². The molecule has 0 aliphatic carbocycles. The second-order valence-electron chi connectivity index (χ2n) is 3.64. The Bertz CT molecular complexity index is 258. The van der Waals surface area contributed by atoms with Crippen molar-refractivity contribution in [3.63, 3.8) is 0 Å². The van der Waals surface area contributed by atoms with Crippen LogP contribution < -0.4 is 0 Å². The first-order chi connectivity index (χ1) is 6.27. The lowest BCUT2D eigenvalue weighted by molar-refractivity contribution is 0.0806. The molecule has 1 aromatic rings. The normalized spacial score (nSPS) is 30.6. The largest absolute Gasteiger partial charge is 0.388 e. The van der Waals surface area contributed by atoms with Crippen molar-refractivity contribution in [2.45, 2.75) is 25.6 Å². The van der Waals surface area contributed by atoms with Crippen LogP contribution in [0, 0.1) is 5.92 Å². The molecule has 0 bridgehead atoms. The molecule has 3 heteroatoms. The number of hydrogen-bond donors (Lipinski definition) is 1. The van der Waals surface area contributed by atoms with Crippen LogP contribution in [0.4, 0.5) is 0 Å². The van der Waals surface area contributed by atoms with Crippen LogP contribution >= 0.6 is 11.3 Å². The van der Waals surface area contributed by atoms with Crippen LogP contribution in [0.1, 0.15) is 25.0 Å². The van der Waals surface area contributed by atoms with Crippen LogP contribution in [0.5, 0.6) is 0 Å². The Kier molecular flexibility index (Phi) is 2.67. The van der Waals surface area contributed by atoms with Crippen molar-refractivity contribution in [2.24, 2.45) is 5.92 Å². The van der Waals surface area contributed by atoms with Crippen LogP contribution in [-0.2, 0) is 4.74 Å². The third kappa shape index (κ3) is 1.93. The third-order valence-corrected chi connectivity index (χ3v) is 3.26. The van der Waals surface area contributed by atoms with Crippen molar-refractivity contribution >= 4 is 11.3 Å². The Morgan fingerprint density at radius 2 is 2.54 bits per heavy atom. The first-order valence-corrected chi connectivity index (χ1v) is 5.53. The van der Waals surface area contributed by atoms with Crippen LogP contribution in [0.2, 0.25) is 0 Å². The van der Waals surface area contributed by atoms with E-state index in [0.717, 1.165) is 12.0 Å². The summed E-state index contributed by atoms with van der Waals surface area (Å²) in [5, 5.41) is 14.0. The zero-order valence-electron chi connectivity index (χ0n) is 7.64. The highest BCUT2D eigenvalue weighted by Gasteiger charge is 2.29. The Morgan fingerprint density at radius 3 is 3.08 bits per heavy atom. The quantitative estimate of drug-likeness (QED) is 0.789. The van der Waals surface area contributed by atoms with E-state index in [1.54, 1.807) is 11.3 Å². The van der Waals surface area contributed by atoms with E-state index < -0.39 is 0 Å². The molecule has 1 aliphatic heterocycles. The monoisotopic (exact) mass is 198 g/mol. The second-order valence-corrected chi connectivity index (χ2v) is 4.42. The maximum atomic E-state index is 9.95. The highest BCUT2D eigenvalue weighted by atomic mass is 32.1. The van der Waals surface area contributed by atoms with Gasteiger partial charge in [0, 0.05) is 5.92 Å². The van der Waals surface area contributed by atoms with Gasteiger partial charge in [-0.05, 0) is 35.7 Å². The molecule has 1 aliphatic rings. The van der Waals surface area contributed by atoms with Gasteiger partial charge < -0.3 is 9.84 Å². The molecule has 0 aromatic carbocycles. The van der Waals surface area contributed by atoms with Crippen LogP contribution in [0.25, 0.3) is 0 Å². The summed E-state index contributed by atoms with van der Waals surface area (Å²) in [5.74, 6) is 0.282. The number of rotatable bonds is 2. The Morgan fingerprint density at radius 1 is 1.69 bits per heavy atom. The van der Waals surface area contributed by atoms with Crippen molar-refractivity contribution in [3.05, 3.63) is 22.4 Å². The molecule has 0 spiro atoms. The lowest BCUT2D eigenvalue weighted by Gasteiger charge is -2.14. The van der Waals surface area contributed by atoms with E-state index in [1.807, 2.05) is 16.8 Å². The zero-order chi connectivity index (χ0) is 9.26. The maximum Gasteiger partial charge on any atom is 0.0849 e. The first kappa shape index (κ1) is 9.19. The van der Waals surface area contributed by atoms with Gasteiger partial charge in [0.05, 0.1) is 18.8 Å². The molecule has 2 nitrogen and oxygen atoms in total. The maximum absolute atomic E-state index is 9.95. The lowest BCUT2D eigenvalue weighted by atomic mass is 9.95. The Balaban J connectivity index is 2.02. The summed E-state index contributed by atoms with van der Waals surface area (Å²) >= 11 is 1.63. The molecule has 3 unspecified atom stereocenters. The van der Waals surface area contributed by atoms with Gasteiger partial charge in [-0.2, -0.15) is 11.3 Å². The van der Waals surface area contributed by atoms with Crippen LogP contribution in [-0.4, -0.2) is 17.8 Å². The molecular formula is C10H14O2S. The molecule has 72 valence electrons. The smallest absolute Gasteiger partial charge is 0.0849 e. The van der Waals surface area contributed by atoms with Crippen molar-refractivity contribution in [1.82, 2.24) is 0 Å². The minimum atomic E-state index is -0.337. The fourth-order valence-electron chi connectivity index (χ4n) is 1.79. The van der Waals surface area contributed by atoms with Gasteiger partial charge >= 0.3 is 0 Å². The number of aliphatic hydroxyl groups excluding tert-OH is 1. The highest BCUT2D eigenvalue weighted by Crippen LogP contribution is 2.32. The summed E-state index contributed by atoms with van der Waals surface area (Å²) in [6.45, 7) is 2.75. The third-order valence-electron chi connectivity index (χ3n) is 2.56. The number of aliphatic hydroxyl groups is 1. The minimum Gasteiger partial charge on any atom is -0.388 e. The average molecular weight is 198 g/mol. The topological polar surface area (TPSA) is 29.5 Å². The Labute approximate surface area is 82.2 Å². The fraction of sp³-hybridized carbons (Fsp3) is 0.600. The van der Waals surface area contributed by atoms with Crippen molar-refractivity contribution in [1.29, 1.82) is 0 Å². The molecule has 13 heavy (non-hydrogen) atoms. The predicted octanol–water partition coefficient (Wildman–Crippen LogP) is 2.21. The SMILES string of the molecule is CC1CC(C(O)c2ccsc2)CO1. The van der Waals surface area contributed by atoms with Gasteiger partial charge in [0.25, 0.3) is 0 Å². The zero-order valence-corrected chi connectivity index (χ0v) is 8.46. The summed E-state index contributed by atoms with van der Waals surface area (Å²) in [6.07, 6.45) is 0.936. The van der Waals surface area contributed by atoms with E-state index in [9.17, 15) is 5.11 Å². The second kappa shape index (κ2) is 3.78. The molecule has 3 atom stereocenters. The predicted molar refractivity (Wildman–Crippen MR) is 52.8 cm³/mol. The highest BCUT2D eigenvalue weighted by molar-refractivity contribution is 7.07. The van der Waals surface area contributed by atoms with E-state index in [1.165, 1.54) is 0 Å². The van der Waals surface area contributed by atoms with Gasteiger partial charge in [-0.1, -0.05) is 0 Å². The van der Waals surface area contributed by atoms with Gasteiger partial charge in [-0.15, -0.1) is 0 Å². The number of hydrogen-bond acceptors (Lipinski definition) is 3. The molecule has 2 heterocycles. The van der Waals surface area contributed by atoms with Gasteiger partial charge in [0.15, 0.2) is 0 Å². The number of thiophene rings is 1. The summed E-state index contributed by atoms with van der Waals surface area (Å²) < 4.78 is 5.43. The first-order valence-electron chi connectivity index (χ1n) is 4.59.